The van der Waals surface area contributed by atoms with Crippen molar-refractivity contribution in [3.05, 3.63) is 0 Å². The van der Waals surface area contributed by atoms with Gasteiger partial charge in [-0.1, -0.05) is 0 Å². The molecule has 2 aliphatic rings. The van der Waals surface area contributed by atoms with Gasteiger partial charge in [0.1, 0.15) is 5.60 Å². The van der Waals surface area contributed by atoms with Crippen molar-refractivity contribution in [2.24, 2.45) is 5.41 Å². The third-order valence-electron chi connectivity index (χ3n) is 3.32. The molecule has 5 heteroatoms. The number of hydrogen-bond acceptors (Lipinski definition) is 3. The fraction of sp³-hybridized carbons (Fsp3) is 0.909. The van der Waals surface area contributed by atoms with Crippen molar-refractivity contribution in [3.8, 4) is 0 Å². The minimum Gasteiger partial charge on any atom is -0.444 e. The van der Waals surface area contributed by atoms with Crippen molar-refractivity contribution in [1.82, 2.24) is 10.6 Å². The molecule has 1 heterocycles. The predicted molar refractivity (Wildman–Crippen MR) is 64.9 cm³/mol. The van der Waals surface area contributed by atoms with Gasteiger partial charge in [-0.2, -0.15) is 0 Å². The molecule has 1 amide bonds. The molecule has 1 saturated heterocycles. The number of amides is 1. The van der Waals surface area contributed by atoms with Crippen LogP contribution in [0.5, 0.6) is 0 Å². The molecule has 1 atom stereocenters. The fourth-order valence-electron chi connectivity index (χ4n) is 2.24. The van der Waals surface area contributed by atoms with Crippen LogP contribution in [0.3, 0.4) is 0 Å². The summed E-state index contributed by atoms with van der Waals surface area (Å²) in [6, 6.07) is 0.314. The quantitative estimate of drug-likeness (QED) is 0.743. The van der Waals surface area contributed by atoms with Gasteiger partial charge in [-0.05, 0) is 33.6 Å². The molecule has 2 rings (SSSR count). The van der Waals surface area contributed by atoms with Gasteiger partial charge in [0.2, 0.25) is 0 Å². The van der Waals surface area contributed by atoms with E-state index < -0.39 is 5.60 Å². The summed E-state index contributed by atoms with van der Waals surface area (Å²) in [7, 11) is 0. The standard InChI is InChI=1S/C11H20N2O2.ClH/c1-10(2,3)15-9(14)13-8-4-5-11(8)6-12-7-11;/h8,12H,4-7H2,1-3H3,(H,13,14);1H. The molecule has 2 N–H and O–H groups in total. The molecule has 1 saturated carbocycles. The lowest BCUT2D eigenvalue weighted by atomic mass is 9.60. The SMILES string of the molecule is CC(C)(C)OC(=O)NC1CCC12CNC2.Cl. The lowest BCUT2D eigenvalue weighted by Gasteiger charge is -2.56. The minimum absolute atomic E-state index is 0. The Morgan fingerprint density at radius 2 is 2.06 bits per heavy atom. The van der Waals surface area contributed by atoms with Gasteiger partial charge in [0.25, 0.3) is 0 Å². The lowest BCUT2D eigenvalue weighted by Crippen LogP contribution is -2.69. The number of halogens is 1. The Hall–Kier alpha value is -0.480. The molecule has 0 radical (unpaired) electrons. The van der Waals surface area contributed by atoms with Gasteiger partial charge < -0.3 is 15.4 Å². The highest BCUT2D eigenvalue weighted by Gasteiger charge is 2.51. The predicted octanol–water partition coefficient (Wildman–Crippen LogP) is 1.68. The summed E-state index contributed by atoms with van der Waals surface area (Å²) >= 11 is 0. The van der Waals surface area contributed by atoms with Gasteiger partial charge in [0.05, 0.1) is 0 Å². The van der Waals surface area contributed by atoms with E-state index in [1.54, 1.807) is 0 Å². The highest BCUT2D eigenvalue weighted by Crippen LogP contribution is 2.44. The van der Waals surface area contributed by atoms with Crippen molar-refractivity contribution in [1.29, 1.82) is 0 Å². The average Bonchev–Trinajstić information content (AvgIpc) is 1.91. The van der Waals surface area contributed by atoms with Gasteiger partial charge in [0.15, 0.2) is 0 Å². The molecule has 2 fully saturated rings. The Labute approximate surface area is 103 Å². The smallest absolute Gasteiger partial charge is 0.407 e. The minimum atomic E-state index is -0.404. The van der Waals surface area contributed by atoms with Gasteiger partial charge in [-0.3, -0.25) is 0 Å². The normalized spacial score (nSPS) is 26.1. The zero-order valence-corrected chi connectivity index (χ0v) is 10.9. The van der Waals surface area contributed by atoms with Crippen LogP contribution < -0.4 is 10.6 Å². The number of alkyl carbamates (subject to hydrolysis) is 1. The van der Waals surface area contributed by atoms with Gasteiger partial charge in [-0.15, -0.1) is 12.4 Å². The molecule has 4 nitrogen and oxygen atoms in total. The second kappa shape index (κ2) is 4.41. The molecule has 1 unspecified atom stereocenters. The first-order valence-corrected chi connectivity index (χ1v) is 5.62. The second-order valence-corrected chi connectivity index (χ2v) is 5.70. The van der Waals surface area contributed by atoms with Crippen molar-refractivity contribution in [2.45, 2.75) is 45.3 Å². The zero-order valence-electron chi connectivity index (χ0n) is 10.1. The van der Waals surface area contributed by atoms with E-state index in [-0.39, 0.29) is 18.5 Å². The molecule has 94 valence electrons. The Balaban J connectivity index is 0.00000128. The third-order valence-corrected chi connectivity index (χ3v) is 3.32. The van der Waals surface area contributed by atoms with Crippen LogP contribution in [0, 0.1) is 5.41 Å². The Morgan fingerprint density at radius 3 is 2.38 bits per heavy atom. The van der Waals surface area contributed by atoms with Crippen LogP contribution in [0.1, 0.15) is 33.6 Å². The first-order chi connectivity index (χ1) is 6.91. The summed E-state index contributed by atoms with van der Waals surface area (Å²) in [5, 5.41) is 6.23. The first-order valence-electron chi connectivity index (χ1n) is 5.62. The Bertz CT molecular complexity index is 266. The molecule has 1 spiro atoms. The molecule has 1 aliphatic heterocycles. The Kier molecular flexibility index (Phi) is 3.75. The van der Waals surface area contributed by atoms with Crippen molar-refractivity contribution in [3.63, 3.8) is 0 Å². The van der Waals surface area contributed by atoms with E-state index in [0.29, 0.717) is 11.5 Å². The number of carbonyl (C=O) groups is 1. The van der Waals surface area contributed by atoms with E-state index in [9.17, 15) is 4.79 Å². The van der Waals surface area contributed by atoms with Crippen LogP contribution >= 0.6 is 12.4 Å². The van der Waals surface area contributed by atoms with Crippen LogP contribution in [-0.2, 0) is 4.74 Å². The summed E-state index contributed by atoms with van der Waals surface area (Å²) in [6.07, 6.45) is 2.03. The molecule has 0 aromatic carbocycles. The molecule has 0 bridgehead atoms. The summed E-state index contributed by atoms with van der Waals surface area (Å²) in [6.45, 7) is 7.72. The average molecular weight is 249 g/mol. The molecular weight excluding hydrogens is 228 g/mol. The van der Waals surface area contributed by atoms with E-state index in [2.05, 4.69) is 10.6 Å². The van der Waals surface area contributed by atoms with Gasteiger partial charge >= 0.3 is 6.09 Å². The number of ether oxygens (including phenoxy) is 1. The maximum absolute atomic E-state index is 11.5. The number of carbonyl (C=O) groups excluding carboxylic acids is 1. The maximum atomic E-state index is 11.5. The van der Waals surface area contributed by atoms with Gasteiger partial charge in [0, 0.05) is 24.5 Å². The maximum Gasteiger partial charge on any atom is 0.407 e. The van der Waals surface area contributed by atoms with Crippen LogP contribution in [0.25, 0.3) is 0 Å². The van der Waals surface area contributed by atoms with E-state index in [1.165, 1.54) is 6.42 Å². The van der Waals surface area contributed by atoms with Crippen LogP contribution in [0.4, 0.5) is 4.79 Å². The van der Waals surface area contributed by atoms with Crippen molar-refractivity contribution >= 4 is 18.5 Å². The first kappa shape index (κ1) is 13.6. The highest BCUT2D eigenvalue weighted by molar-refractivity contribution is 5.85. The van der Waals surface area contributed by atoms with Crippen LogP contribution in [0.15, 0.2) is 0 Å². The molecular formula is C11H21ClN2O2. The number of nitrogens with one attached hydrogen (secondary N) is 2. The fourth-order valence-corrected chi connectivity index (χ4v) is 2.24. The topological polar surface area (TPSA) is 50.4 Å². The third kappa shape index (κ3) is 2.61. The summed E-state index contributed by atoms with van der Waals surface area (Å²) in [5.74, 6) is 0. The number of rotatable bonds is 1. The van der Waals surface area contributed by atoms with E-state index in [4.69, 9.17) is 4.74 Å². The van der Waals surface area contributed by atoms with Gasteiger partial charge in [-0.25, -0.2) is 4.79 Å². The van der Waals surface area contributed by atoms with Crippen molar-refractivity contribution in [2.75, 3.05) is 13.1 Å². The van der Waals surface area contributed by atoms with E-state index in [1.807, 2.05) is 20.8 Å². The molecule has 16 heavy (non-hydrogen) atoms. The highest BCUT2D eigenvalue weighted by atomic mass is 35.5. The van der Waals surface area contributed by atoms with Crippen LogP contribution in [-0.4, -0.2) is 30.8 Å². The molecule has 0 aromatic heterocycles. The largest absolute Gasteiger partial charge is 0.444 e. The zero-order chi connectivity index (χ0) is 11.1. The summed E-state index contributed by atoms with van der Waals surface area (Å²) in [5.41, 5.74) is -0.0598. The van der Waals surface area contributed by atoms with Crippen LogP contribution in [0.2, 0.25) is 0 Å². The van der Waals surface area contributed by atoms with Crippen molar-refractivity contribution < 1.29 is 9.53 Å². The Morgan fingerprint density at radius 1 is 1.44 bits per heavy atom. The number of hydrogen-bond donors (Lipinski definition) is 2. The van der Waals surface area contributed by atoms with E-state index in [0.717, 1.165) is 19.5 Å². The second-order valence-electron chi connectivity index (χ2n) is 5.70. The summed E-state index contributed by atoms with van der Waals surface area (Å²) in [4.78, 5) is 11.5. The monoisotopic (exact) mass is 248 g/mol. The molecule has 0 aromatic rings. The lowest BCUT2D eigenvalue weighted by molar-refractivity contribution is -0.00548. The molecule has 1 aliphatic carbocycles. The summed E-state index contributed by atoms with van der Waals surface area (Å²) < 4.78 is 5.24. The van der Waals surface area contributed by atoms with E-state index >= 15 is 0 Å².